The van der Waals surface area contributed by atoms with Crippen LogP contribution in [0.5, 0.6) is 0 Å². The van der Waals surface area contributed by atoms with Gasteiger partial charge in [-0.3, -0.25) is 4.79 Å². The Balaban J connectivity index is 1.60. The lowest BCUT2D eigenvalue weighted by molar-refractivity contribution is 0.102. The molecule has 1 amide bonds. The number of fused-ring (bicyclic) bond motifs is 1. The normalized spacial score (nSPS) is 14.9. The quantitative estimate of drug-likeness (QED) is 0.717. The molecule has 0 spiro atoms. The smallest absolute Gasteiger partial charge is 0.258 e. The fourth-order valence-corrected chi connectivity index (χ4v) is 3.80. The zero-order chi connectivity index (χ0) is 21.4. The second kappa shape index (κ2) is 7.99. The van der Waals surface area contributed by atoms with Gasteiger partial charge in [-0.15, -0.1) is 0 Å². The molecule has 156 valence electrons. The summed E-state index contributed by atoms with van der Waals surface area (Å²) in [5, 5.41) is 2.89. The molecule has 1 aliphatic heterocycles. The molecule has 1 fully saturated rings. The number of nitrogens with one attached hydrogen (secondary N) is 1. The van der Waals surface area contributed by atoms with Gasteiger partial charge in [0.25, 0.3) is 5.91 Å². The van der Waals surface area contributed by atoms with Crippen molar-refractivity contribution in [1.82, 2.24) is 14.9 Å². The van der Waals surface area contributed by atoms with E-state index in [1.807, 2.05) is 39.0 Å². The number of carbonyl (C=O) groups excluding carboxylic acids is 1. The van der Waals surface area contributed by atoms with Crippen LogP contribution in [0.2, 0.25) is 0 Å². The molecule has 3 aromatic rings. The second-order valence-electron chi connectivity index (χ2n) is 7.96. The summed E-state index contributed by atoms with van der Waals surface area (Å²) in [4.78, 5) is 26.5. The highest BCUT2D eigenvalue weighted by atomic mass is 19.1. The number of hydrogen-bond acceptors (Lipinski definition) is 5. The summed E-state index contributed by atoms with van der Waals surface area (Å²) in [7, 11) is 2.13. The summed E-state index contributed by atoms with van der Waals surface area (Å²) in [6.45, 7) is 9.71. The fraction of sp³-hybridized carbons (Fsp3) is 0.348. The third-order valence-electron chi connectivity index (χ3n) is 5.69. The van der Waals surface area contributed by atoms with Crippen molar-refractivity contribution in [3.63, 3.8) is 0 Å². The Hall–Kier alpha value is -3.06. The number of nitrogens with zero attached hydrogens (tertiary/aromatic N) is 4. The van der Waals surface area contributed by atoms with E-state index in [-0.39, 0.29) is 5.56 Å². The van der Waals surface area contributed by atoms with Gasteiger partial charge in [-0.1, -0.05) is 0 Å². The number of hydrogen-bond donors (Lipinski definition) is 1. The number of halogens is 1. The molecule has 0 unspecified atom stereocenters. The number of likely N-dealkylation sites (N-methyl/N-ethyl adjacent to an activating group) is 1. The standard InChI is InChI=1S/C23H26FN5O/c1-14-11-18(5-6-21(14)29-9-7-28(4)8-10-29)27-23(30)19-12-17(24)13-20-22(19)26-16(3)15(2)25-20/h5-6,11-13H,7-10H2,1-4H3,(H,27,30). The van der Waals surface area contributed by atoms with Gasteiger partial charge in [0.1, 0.15) is 11.3 Å². The number of aryl methyl sites for hydroxylation is 3. The van der Waals surface area contributed by atoms with Gasteiger partial charge in [0, 0.05) is 43.6 Å². The molecule has 0 atom stereocenters. The Morgan fingerprint density at radius 3 is 2.40 bits per heavy atom. The number of aromatic nitrogens is 2. The van der Waals surface area contributed by atoms with Crippen molar-refractivity contribution in [2.45, 2.75) is 20.8 Å². The first-order chi connectivity index (χ1) is 14.3. The molecular weight excluding hydrogens is 381 g/mol. The lowest BCUT2D eigenvalue weighted by Gasteiger charge is -2.35. The third-order valence-corrected chi connectivity index (χ3v) is 5.69. The van der Waals surface area contributed by atoms with Crippen LogP contribution in [0, 0.1) is 26.6 Å². The van der Waals surface area contributed by atoms with Gasteiger partial charge in [-0.2, -0.15) is 0 Å². The SMILES string of the molecule is Cc1cc(NC(=O)c2cc(F)cc3nc(C)c(C)nc23)ccc1N1CCN(C)CC1. The van der Waals surface area contributed by atoms with E-state index in [0.29, 0.717) is 16.7 Å². The average Bonchev–Trinajstić information content (AvgIpc) is 2.70. The van der Waals surface area contributed by atoms with Crippen LogP contribution in [0.25, 0.3) is 11.0 Å². The largest absolute Gasteiger partial charge is 0.369 e. The molecule has 0 saturated carbocycles. The Bertz CT molecular complexity index is 1120. The molecule has 4 rings (SSSR count). The highest BCUT2D eigenvalue weighted by molar-refractivity contribution is 6.11. The molecule has 0 radical (unpaired) electrons. The van der Waals surface area contributed by atoms with E-state index in [2.05, 4.69) is 32.1 Å². The maximum absolute atomic E-state index is 14.1. The van der Waals surface area contributed by atoms with Crippen LogP contribution in [-0.4, -0.2) is 54.0 Å². The van der Waals surface area contributed by atoms with Crippen molar-refractivity contribution >= 4 is 28.3 Å². The van der Waals surface area contributed by atoms with E-state index in [9.17, 15) is 9.18 Å². The Morgan fingerprint density at radius 2 is 1.70 bits per heavy atom. The highest BCUT2D eigenvalue weighted by Crippen LogP contribution is 2.26. The Labute approximate surface area is 175 Å². The van der Waals surface area contributed by atoms with Crippen LogP contribution in [0.4, 0.5) is 15.8 Å². The minimum Gasteiger partial charge on any atom is -0.369 e. The van der Waals surface area contributed by atoms with Crippen LogP contribution >= 0.6 is 0 Å². The van der Waals surface area contributed by atoms with Gasteiger partial charge in [-0.25, -0.2) is 14.4 Å². The van der Waals surface area contributed by atoms with Gasteiger partial charge < -0.3 is 15.1 Å². The van der Waals surface area contributed by atoms with Gasteiger partial charge >= 0.3 is 0 Å². The van der Waals surface area contributed by atoms with Crippen LogP contribution in [0.3, 0.4) is 0 Å². The number of piperazine rings is 1. The number of benzene rings is 2. The van der Waals surface area contributed by atoms with Gasteiger partial charge in [0.2, 0.25) is 0 Å². The first-order valence-corrected chi connectivity index (χ1v) is 10.1. The molecule has 7 heteroatoms. The molecule has 1 aliphatic rings. The first kappa shape index (κ1) is 20.2. The maximum atomic E-state index is 14.1. The van der Waals surface area contributed by atoms with E-state index >= 15 is 0 Å². The molecule has 1 aromatic heterocycles. The lowest BCUT2D eigenvalue weighted by Crippen LogP contribution is -2.44. The molecule has 2 aromatic carbocycles. The molecule has 30 heavy (non-hydrogen) atoms. The van der Waals surface area contributed by atoms with Gasteiger partial charge in [0.15, 0.2) is 0 Å². The summed E-state index contributed by atoms with van der Waals surface area (Å²) in [5.74, 6) is -0.907. The van der Waals surface area contributed by atoms with Crippen molar-refractivity contribution in [2.75, 3.05) is 43.4 Å². The summed E-state index contributed by atoms with van der Waals surface area (Å²) in [6, 6.07) is 8.40. The monoisotopic (exact) mass is 407 g/mol. The average molecular weight is 407 g/mol. The third kappa shape index (κ3) is 3.98. The van der Waals surface area contributed by atoms with Crippen molar-refractivity contribution in [3.05, 3.63) is 58.7 Å². The molecular formula is C23H26FN5O. The van der Waals surface area contributed by atoms with Crippen LogP contribution in [0.15, 0.2) is 30.3 Å². The van der Waals surface area contributed by atoms with Crippen molar-refractivity contribution in [1.29, 1.82) is 0 Å². The predicted octanol–water partition coefficient (Wildman–Crippen LogP) is 3.70. The van der Waals surface area contributed by atoms with E-state index < -0.39 is 11.7 Å². The van der Waals surface area contributed by atoms with Crippen LogP contribution in [0.1, 0.15) is 27.3 Å². The topological polar surface area (TPSA) is 61.4 Å². The predicted molar refractivity (Wildman–Crippen MR) is 118 cm³/mol. The molecule has 1 saturated heterocycles. The number of rotatable bonds is 3. The molecule has 0 bridgehead atoms. The van der Waals surface area contributed by atoms with Crippen LogP contribution in [-0.2, 0) is 0 Å². The van der Waals surface area contributed by atoms with Crippen LogP contribution < -0.4 is 10.2 Å². The summed E-state index contributed by atoms with van der Waals surface area (Å²) in [6.07, 6.45) is 0. The minimum atomic E-state index is -0.508. The zero-order valence-electron chi connectivity index (χ0n) is 17.8. The summed E-state index contributed by atoms with van der Waals surface area (Å²) in [5.41, 5.74) is 5.34. The van der Waals surface area contributed by atoms with Crippen molar-refractivity contribution < 1.29 is 9.18 Å². The Kier molecular flexibility index (Phi) is 5.39. The number of carbonyl (C=O) groups is 1. The first-order valence-electron chi connectivity index (χ1n) is 10.1. The molecule has 0 aliphatic carbocycles. The second-order valence-corrected chi connectivity index (χ2v) is 7.96. The lowest BCUT2D eigenvalue weighted by atomic mass is 10.1. The Morgan fingerprint density at radius 1 is 1.00 bits per heavy atom. The molecule has 1 N–H and O–H groups in total. The molecule has 2 heterocycles. The maximum Gasteiger partial charge on any atom is 0.258 e. The molecule has 6 nitrogen and oxygen atoms in total. The highest BCUT2D eigenvalue weighted by Gasteiger charge is 2.18. The van der Waals surface area contributed by atoms with E-state index in [1.165, 1.54) is 17.8 Å². The summed E-state index contributed by atoms with van der Waals surface area (Å²) < 4.78 is 14.1. The van der Waals surface area contributed by atoms with Gasteiger partial charge in [-0.05, 0) is 57.6 Å². The number of anilines is 2. The van der Waals surface area contributed by atoms with Gasteiger partial charge in [0.05, 0.1) is 22.5 Å². The zero-order valence-corrected chi connectivity index (χ0v) is 17.8. The fourth-order valence-electron chi connectivity index (χ4n) is 3.80. The van der Waals surface area contributed by atoms with Crippen molar-refractivity contribution in [2.24, 2.45) is 0 Å². The van der Waals surface area contributed by atoms with Crippen molar-refractivity contribution in [3.8, 4) is 0 Å². The van der Waals surface area contributed by atoms with E-state index in [4.69, 9.17) is 0 Å². The van der Waals surface area contributed by atoms with E-state index in [1.54, 1.807) is 0 Å². The summed E-state index contributed by atoms with van der Waals surface area (Å²) >= 11 is 0. The minimum absolute atomic E-state index is 0.182. The van der Waals surface area contributed by atoms with E-state index in [0.717, 1.165) is 43.1 Å². The number of amides is 1.